The Morgan fingerprint density at radius 2 is 1.58 bits per heavy atom. The highest BCUT2D eigenvalue weighted by Crippen LogP contribution is 2.42. The van der Waals surface area contributed by atoms with Crippen LogP contribution in [0, 0.1) is 0 Å². The van der Waals surface area contributed by atoms with Crippen LogP contribution < -0.4 is 5.32 Å². The van der Waals surface area contributed by atoms with E-state index >= 15 is 0 Å². The number of aromatic nitrogens is 2. The fraction of sp³-hybridized carbons (Fsp3) is 0.286. The smallest absolute Gasteiger partial charge is 0.379 e. The monoisotopic (exact) mass is 522 g/mol. The van der Waals surface area contributed by atoms with Crippen LogP contribution in [0.1, 0.15) is 23.1 Å². The lowest BCUT2D eigenvalue weighted by Gasteiger charge is -2.26. The maximum absolute atomic E-state index is 14.1. The van der Waals surface area contributed by atoms with E-state index in [1.54, 1.807) is 23.0 Å². The summed E-state index contributed by atoms with van der Waals surface area (Å²) >= 11 is 0. The molecule has 2 aliphatic heterocycles. The standard InChI is InChI=1S/C28H25F3N4O3/c29-28(30,31)21-7-3-6-18-20(16-35(25(18)21)10-4-9-34-11-13-38-14-12-34)24-23(26(36)33-27(24)37)19-15-32-22-8-2-1-5-17(19)22/h1-3,5-8,15-16,32H,4,9-14H2,(H,33,36,37). The fourth-order valence-corrected chi connectivity index (χ4v) is 5.50. The van der Waals surface area contributed by atoms with Gasteiger partial charge in [0.15, 0.2) is 0 Å². The SMILES string of the molecule is O=C1NC(=O)C(c2cn(CCCN3CCOCC3)c3c(C(F)(F)F)cccc23)=C1c1c[nH]c2ccccc12. The second-order valence-electron chi connectivity index (χ2n) is 9.52. The zero-order valence-corrected chi connectivity index (χ0v) is 20.4. The molecule has 2 amide bonds. The quantitative estimate of drug-likeness (QED) is 0.367. The summed E-state index contributed by atoms with van der Waals surface area (Å²) in [5.74, 6) is -1.20. The molecule has 0 atom stereocenters. The number of hydrogen-bond acceptors (Lipinski definition) is 4. The number of halogens is 3. The number of H-pyrrole nitrogens is 1. The van der Waals surface area contributed by atoms with Gasteiger partial charge < -0.3 is 14.3 Å². The minimum absolute atomic E-state index is 0.00917. The van der Waals surface area contributed by atoms with E-state index in [-0.39, 0.29) is 22.0 Å². The molecule has 4 heterocycles. The van der Waals surface area contributed by atoms with Gasteiger partial charge in [-0.3, -0.25) is 19.8 Å². The van der Waals surface area contributed by atoms with E-state index < -0.39 is 23.6 Å². The second kappa shape index (κ2) is 9.45. The third-order valence-electron chi connectivity index (χ3n) is 7.24. The molecule has 0 aliphatic carbocycles. The van der Waals surface area contributed by atoms with Crippen molar-refractivity contribution in [3.8, 4) is 0 Å². The summed E-state index contributed by atoms with van der Waals surface area (Å²) in [4.78, 5) is 31.5. The van der Waals surface area contributed by atoms with Gasteiger partial charge in [-0.2, -0.15) is 13.2 Å². The van der Waals surface area contributed by atoms with Crippen LogP contribution in [0.5, 0.6) is 0 Å². The van der Waals surface area contributed by atoms with Gasteiger partial charge in [0.05, 0.1) is 35.4 Å². The number of amides is 2. The van der Waals surface area contributed by atoms with Crippen LogP contribution in [0.4, 0.5) is 13.2 Å². The van der Waals surface area contributed by atoms with E-state index in [9.17, 15) is 22.8 Å². The van der Waals surface area contributed by atoms with Crippen molar-refractivity contribution in [3.05, 3.63) is 71.5 Å². The van der Waals surface area contributed by atoms with Gasteiger partial charge in [0, 0.05) is 66.0 Å². The summed E-state index contributed by atoms with van der Waals surface area (Å²) < 4.78 is 49.3. The van der Waals surface area contributed by atoms with E-state index in [2.05, 4.69) is 15.2 Å². The number of aromatic amines is 1. The fourth-order valence-electron chi connectivity index (χ4n) is 5.50. The Morgan fingerprint density at radius 1 is 0.868 bits per heavy atom. The summed E-state index contributed by atoms with van der Waals surface area (Å²) in [6.45, 7) is 3.90. The molecule has 2 N–H and O–H groups in total. The first-order chi connectivity index (χ1) is 18.3. The van der Waals surface area contributed by atoms with E-state index in [1.807, 2.05) is 24.3 Å². The number of rotatable bonds is 6. The summed E-state index contributed by atoms with van der Waals surface area (Å²) in [7, 11) is 0. The molecule has 2 aliphatic rings. The van der Waals surface area contributed by atoms with Crippen molar-refractivity contribution < 1.29 is 27.5 Å². The highest BCUT2D eigenvalue weighted by Gasteiger charge is 2.38. The van der Waals surface area contributed by atoms with Crippen LogP contribution in [0.25, 0.3) is 33.0 Å². The van der Waals surface area contributed by atoms with Crippen molar-refractivity contribution in [2.24, 2.45) is 0 Å². The molecule has 0 spiro atoms. The van der Waals surface area contributed by atoms with Gasteiger partial charge in [-0.1, -0.05) is 30.3 Å². The molecular weight excluding hydrogens is 497 g/mol. The van der Waals surface area contributed by atoms with E-state index in [4.69, 9.17) is 4.74 Å². The molecule has 38 heavy (non-hydrogen) atoms. The predicted molar refractivity (Wildman–Crippen MR) is 137 cm³/mol. The number of benzene rings is 2. The zero-order chi connectivity index (χ0) is 26.4. The van der Waals surface area contributed by atoms with Crippen LogP contribution in [-0.2, 0) is 27.0 Å². The number of para-hydroxylation sites is 2. The normalized spacial score (nSPS) is 17.2. The minimum Gasteiger partial charge on any atom is -0.379 e. The van der Waals surface area contributed by atoms with Gasteiger partial charge in [0.2, 0.25) is 0 Å². The molecule has 1 fully saturated rings. The lowest BCUT2D eigenvalue weighted by Crippen LogP contribution is -2.37. The van der Waals surface area contributed by atoms with Gasteiger partial charge in [-0.25, -0.2) is 0 Å². The summed E-state index contributed by atoms with van der Waals surface area (Å²) in [5.41, 5.74) is 1.08. The third kappa shape index (κ3) is 4.19. The average molecular weight is 523 g/mol. The first-order valence-electron chi connectivity index (χ1n) is 12.5. The Labute approximate surface area is 215 Å². The summed E-state index contributed by atoms with van der Waals surface area (Å²) in [5, 5.41) is 3.38. The molecule has 2 aromatic heterocycles. The lowest BCUT2D eigenvalue weighted by molar-refractivity contribution is -0.136. The number of morpholine rings is 1. The molecule has 0 bridgehead atoms. The molecule has 0 saturated carbocycles. The highest BCUT2D eigenvalue weighted by molar-refractivity contribution is 6.50. The molecule has 0 radical (unpaired) electrons. The minimum atomic E-state index is -4.58. The number of ether oxygens (including phenoxy) is 1. The topological polar surface area (TPSA) is 79.4 Å². The maximum Gasteiger partial charge on any atom is 0.418 e. The number of carbonyl (C=O) groups is 2. The van der Waals surface area contributed by atoms with E-state index in [0.29, 0.717) is 37.3 Å². The van der Waals surface area contributed by atoms with Crippen LogP contribution in [-0.4, -0.2) is 59.1 Å². The number of alkyl halides is 3. The maximum atomic E-state index is 14.1. The molecule has 4 aromatic rings. The van der Waals surface area contributed by atoms with Crippen molar-refractivity contribution in [3.63, 3.8) is 0 Å². The van der Waals surface area contributed by atoms with Crippen molar-refractivity contribution in [1.82, 2.24) is 19.8 Å². The van der Waals surface area contributed by atoms with Crippen LogP contribution in [0.15, 0.2) is 54.9 Å². The number of aryl methyl sites for hydroxylation is 1. The molecule has 6 rings (SSSR count). The zero-order valence-electron chi connectivity index (χ0n) is 20.4. The molecule has 196 valence electrons. The Hall–Kier alpha value is -3.89. The number of carbonyl (C=O) groups excluding carboxylic acids is 2. The molecule has 7 nitrogen and oxygen atoms in total. The van der Waals surface area contributed by atoms with Gasteiger partial charge in [0.25, 0.3) is 11.8 Å². The number of fused-ring (bicyclic) bond motifs is 2. The van der Waals surface area contributed by atoms with E-state index in [0.717, 1.165) is 36.6 Å². The molecule has 0 unspecified atom stereocenters. The van der Waals surface area contributed by atoms with Crippen molar-refractivity contribution in [1.29, 1.82) is 0 Å². The summed E-state index contributed by atoms with van der Waals surface area (Å²) in [6, 6.07) is 11.3. The Kier molecular flexibility index (Phi) is 6.08. The number of nitrogens with one attached hydrogen (secondary N) is 2. The molecule has 2 aromatic carbocycles. The number of imide groups is 1. The Morgan fingerprint density at radius 3 is 2.34 bits per heavy atom. The predicted octanol–water partition coefficient (Wildman–Crippen LogP) is 4.43. The first-order valence-corrected chi connectivity index (χ1v) is 12.5. The van der Waals surface area contributed by atoms with Gasteiger partial charge in [0.1, 0.15) is 0 Å². The van der Waals surface area contributed by atoms with Crippen molar-refractivity contribution in [2.75, 3.05) is 32.8 Å². The van der Waals surface area contributed by atoms with E-state index in [1.165, 1.54) is 6.07 Å². The number of nitrogens with zero attached hydrogens (tertiary/aromatic N) is 2. The average Bonchev–Trinajstić information content (AvgIpc) is 3.56. The van der Waals surface area contributed by atoms with Crippen LogP contribution in [0.2, 0.25) is 0 Å². The largest absolute Gasteiger partial charge is 0.418 e. The second-order valence-corrected chi connectivity index (χ2v) is 9.52. The van der Waals surface area contributed by atoms with Crippen LogP contribution >= 0.6 is 0 Å². The molecule has 10 heteroatoms. The number of hydrogen-bond donors (Lipinski definition) is 2. The molecular formula is C28H25F3N4O3. The third-order valence-corrected chi connectivity index (χ3v) is 7.24. The van der Waals surface area contributed by atoms with Gasteiger partial charge >= 0.3 is 6.18 Å². The van der Waals surface area contributed by atoms with Gasteiger partial charge in [-0.15, -0.1) is 0 Å². The Balaban J connectivity index is 1.50. The Bertz CT molecular complexity index is 1590. The summed E-state index contributed by atoms with van der Waals surface area (Å²) in [6.07, 6.45) is -0.726. The van der Waals surface area contributed by atoms with Gasteiger partial charge in [-0.05, 0) is 18.6 Å². The first kappa shape index (κ1) is 24.4. The highest BCUT2D eigenvalue weighted by atomic mass is 19.4. The van der Waals surface area contributed by atoms with Crippen molar-refractivity contribution >= 4 is 44.8 Å². The van der Waals surface area contributed by atoms with Crippen molar-refractivity contribution in [2.45, 2.75) is 19.1 Å². The molecule has 1 saturated heterocycles. The lowest BCUT2D eigenvalue weighted by atomic mass is 9.95. The van der Waals surface area contributed by atoms with Crippen LogP contribution in [0.3, 0.4) is 0 Å².